The quantitative estimate of drug-likeness (QED) is 0.786. The molecule has 0 saturated heterocycles. The maximum Gasteiger partial charge on any atom is 0.315 e. The summed E-state index contributed by atoms with van der Waals surface area (Å²) < 4.78 is 0. The first kappa shape index (κ1) is 13.4. The van der Waals surface area contributed by atoms with Crippen LogP contribution in [0.25, 0.3) is 0 Å². The van der Waals surface area contributed by atoms with Crippen molar-refractivity contribution in [3.05, 3.63) is 35.4 Å². The minimum absolute atomic E-state index is 0.152. The molecule has 0 bridgehead atoms. The Balaban J connectivity index is 1.50. The monoisotopic (exact) mass is 274 g/mol. The molecule has 0 aromatic heterocycles. The molecule has 2 aliphatic rings. The van der Waals surface area contributed by atoms with Crippen molar-refractivity contribution in [2.75, 3.05) is 6.54 Å². The van der Waals surface area contributed by atoms with E-state index in [4.69, 9.17) is 0 Å². The van der Waals surface area contributed by atoms with Crippen molar-refractivity contribution in [2.45, 2.75) is 50.2 Å². The minimum Gasteiger partial charge on any atom is -0.387 e. The Morgan fingerprint density at radius 2 is 1.80 bits per heavy atom. The first-order chi connectivity index (χ1) is 9.65. The van der Waals surface area contributed by atoms with E-state index in [0.717, 1.165) is 12.8 Å². The smallest absolute Gasteiger partial charge is 0.315 e. The van der Waals surface area contributed by atoms with Gasteiger partial charge in [-0.25, -0.2) is 4.79 Å². The van der Waals surface area contributed by atoms with Crippen molar-refractivity contribution < 1.29 is 9.90 Å². The van der Waals surface area contributed by atoms with Gasteiger partial charge in [0.15, 0.2) is 0 Å². The van der Waals surface area contributed by atoms with Gasteiger partial charge in [-0.1, -0.05) is 37.1 Å². The number of urea groups is 1. The van der Waals surface area contributed by atoms with E-state index in [-0.39, 0.29) is 6.03 Å². The second kappa shape index (κ2) is 5.44. The highest BCUT2D eigenvalue weighted by molar-refractivity contribution is 5.74. The molecule has 108 valence electrons. The molecule has 4 heteroatoms. The lowest BCUT2D eigenvalue weighted by Gasteiger charge is -2.23. The number of fused-ring (bicyclic) bond motifs is 1. The van der Waals surface area contributed by atoms with Crippen molar-refractivity contribution in [3.63, 3.8) is 0 Å². The molecule has 3 N–H and O–H groups in total. The Labute approximate surface area is 119 Å². The molecule has 0 radical (unpaired) electrons. The molecule has 1 saturated carbocycles. The van der Waals surface area contributed by atoms with E-state index in [1.165, 1.54) is 24.0 Å². The highest BCUT2D eigenvalue weighted by Crippen LogP contribution is 2.29. The summed E-state index contributed by atoms with van der Waals surface area (Å²) in [5, 5.41) is 16.4. The van der Waals surface area contributed by atoms with E-state index >= 15 is 0 Å². The summed E-state index contributed by atoms with van der Waals surface area (Å²) in [6.07, 6.45) is 5.78. The predicted octanol–water partition coefficient (Wildman–Crippen LogP) is 1.76. The molecule has 0 atom stereocenters. The van der Waals surface area contributed by atoms with Gasteiger partial charge in [0.25, 0.3) is 0 Å². The van der Waals surface area contributed by atoms with Crippen LogP contribution in [-0.2, 0) is 12.8 Å². The number of amides is 2. The average molecular weight is 274 g/mol. The van der Waals surface area contributed by atoms with Crippen LogP contribution >= 0.6 is 0 Å². The van der Waals surface area contributed by atoms with Crippen molar-refractivity contribution in [1.29, 1.82) is 0 Å². The number of carbonyl (C=O) groups excluding carboxylic acids is 1. The maximum atomic E-state index is 11.8. The van der Waals surface area contributed by atoms with Gasteiger partial charge in [-0.2, -0.15) is 0 Å². The van der Waals surface area contributed by atoms with Crippen molar-refractivity contribution in [1.82, 2.24) is 10.6 Å². The van der Waals surface area contributed by atoms with Crippen LogP contribution in [0.4, 0.5) is 4.79 Å². The first-order valence-corrected chi connectivity index (χ1v) is 7.48. The van der Waals surface area contributed by atoms with Gasteiger partial charge in [-0.05, 0) is 24.0 Å². The van der Waals surface area contributed by atoms with Crippen molar-refractivity contribution in [3.8, 4) is 0 Å². The normalized spacial score (nSPS) is 20.6. The number of aliphatic hydroxyl groups is 1. The zero-order valence-electron chi connectivity index (χ0n) is 11.7. The van der Waals surface area contributed by atoms with Gasteiger partial charge in [0.1, 0.15) is 0 Å². The van der Waals surface area contributed by atoms with Gasteiger partial charge in [-0.3, -0.25) is 0 Å². The average Bonchev–Trinajstić information content (AvgIpc) is 3.03. The lowest BCUT2D eigenvalue weighted by molar-refractivity contribution is 0.0535. The lowest BCUT2D eigenvalue weighted by atomic mass is 10.0. The Kier molecular flexibility index (Phi) is 3.66. The highest BCUT2D eigenvalue weighted by Gasteiger charge is 2.35. The first-order valence-electron chi connectivity index (χ1n) is 7.48. The summed E-state index contributed by atoms with van der Waals surface area (Å²) in [6, 6.07) is 8.24. The summed E-state index contributed by atoms with van der Waals surface area (Å²) in [5.74, 6) is 0. The van der Waals surface area contributed by atoms with Gasteiger partial charge in [0, 0.05) is 25.4 Å². The summed E-state index contributed by atoms with van der Waals surface area (Å²) in [7, 11) is 0. The number of hydrogen-bond acceptors (Lipinski definition) is 2. The molecule has 2 amide bonds. The zero-order chi connectivity index (χ0) is 14.0. The largest absolute Gasteiger partial charge is 0.387 e. The third-order valence-corrected chi connectivity index (χ3v) is 4.43. The number of rotatable bonds is 3. The second-order valence-corrected chi connectivity index (χ2v) is 6.16. The van der Waals surface area contributed by atoms with Crippen LogP contribution in [0.1, 0.15) is 36.8 Å². The van der Waals surface area contributed by atoms with E-state index in [0.29, 0.717) is 25.4 Å². The van der Waals surface area contributed by atoms with Crippen LogP contribution in [0, 0.1) is 0 Å². The zero-order valence-corrected chi connectivity index (χ0v) is 11.7. The molecule has 1 fully saturated rings. The van der Waals surface area contributed by atoms with Crippen molar-refractivity contribution in [2.24, 2.45) is 0 Å². The van der Waals surface area contributed by atoms with Crippen LogP contribution in [0.3, 0.4) is 0 Å². The molecule has 0 aliphatic heterocycles. The molecular formula is C16H22N2O2. The van der Waals surface area contributed by atoms with Crippen LogP contribution in [-0.4, -0.2) is 29.3 Å². The molecule has 0 spiro atoms. The summed E-state index contributed by atoms with van der Waals surface area (Å²) in [6.45, 7) is 0.306. The van der Waals surface area contributed by atoms with E-state index in [2.05, 4.69) is 10.6 Å². The lowest BCUT2D eigenvalue weighted by Crippen LogP contribution is -2.48. The van der Waals surface area contributed by atoms with Crippen LogP contribution in [0.5, 0.6) is 0 Å². The van der Waals surface area contributed by atoms with E-state index in [9.17, 15) is 9.90 Å². The third kappa shape index (κ3) is 2.96. The number of benzene rings is 1. The third-order valence-electron chi connectivity index (χ3n) is 4.43. The summed E-state index contributed by atoms with van der Waals surface area (Å²) in [4.78, 5) is 11.8. The highest BCUT2D eigenvalue weighted by atomic mass is 16.3. The van der Waals surface area contributed by atoms with Gasteiger partial charge < -0.3 is 15.7 Å². The second-order valence-electron chi connectivity index (χ2n) is 6.16. The summed E-state index contributed by atoms with van der Waals surface area (Å²) in [5.41, 5.74) is 1.54. The molecule has 3 rings (SSSR count). The predicted molar refractivity (Wildman–Crippen MR) is 77.6 cm³/mol. The Morgan fingerprint density at radius 1 is 1.20 bits per heavy atom. The van der Waals surface area contributed by atoms with Gasteiger partial charge in [-0.15, -0.1) is 0 Å². The molecule has 20 heavy (non-hydrogen) atoms. The van der Waals surface area contributed by atoms with Gasteiger partial charge >= 0.3 is 6.03 Å². The van der Waals surface area contributed by atoms with Crippen LogP contribution < -0.4 is 10.6 Å². The van der Waals surface area contributed by atoms with E-state index < -0.39 is 5.60 Å². The fourth-order valence-electron chi connectivity index (χ4n) is 3.35. The topological polar surface area (TPSA) is 61.4 Å². The van der Waals surface area contributed by atoms with Crippen LogP contribution in [0.2, 0.25) is 0 Å². The maximum absolute atomic E-state index is 11.8. The fourth-order valence-corrected chi connectivity index (χ4v) is 3.35. The van der Waals surface area contributed by atoms with Gasteiger partial charge in [0.05, 0.1) is 5.60 Å². The molecule has 1 aromatic carbocycles. The number of carbonyl (C=O) groups is 1. The molecule has 0 heterocycles. The number of hydrogen-bond donors (Lipinski definition) is 3. The SMILES string of the molecule is O=C(NCC1(O)Cc2ccccc2C1)NC1CCCC1. The standard InChI is InChI=1S/C16H22N2O2/c19-15(18-14-7-3-4-8-14)17-11-16(20)9-12-5-1-2-6-13(12)10-16/h1-2,5-6,14,20H,3-4,7-11H2,(H2,17,18,19). The van der Waals surface area contributed by atoms with E-state index in [1.54, 1.807) is 0 Å². The van der Waals surface area contributed by atoms with Crippen molar-refractivity contribution >= 4 is 6.03 Å². The molecule has 2 aliphatic carbocycles. The minimum atomic E-state index is -0.837. The van der Waals surface area contributed by atoms with E-state index in [1.807, 2.05) is 24.3 Å². The Bertz CT molecular complexity index is 470. The Morgan fingerprint density at radius 3 is 2.40 bits per heavy atom. The molecular weight excluding hydrogens is 252 g/mol. The fraction of sp³-hybridized carbons (Fsp3) is 0.562. The Hall–Kier alpha value is -1.55. The molecule has 0 unspecified atom stereocenters. The number of nitrogens with one attached hydrogen (secondary N) is 2. The van der Waals surface area contributed by atoms with Gasteiger partial charge in [0.2, 0.25) is 0 Å². The molecule has 4 nitrogen and oxygen atoms in total. The van der Waals surface area contributed by atoms with Crippen LogP contribution in [0.15, 0.2) is 24.3 Å². The molecule has 1 aromatic rings. The summed E-state index contributed by atoms with van der Waals surface area (Å²) >= 11 is 0.